The van der Waals surface area contributed by atoms with E-state index < -0.39 is 8.07 Å². The second-order valence-electron chi connectivity index (χ2n) is 5.50. The molecule has 0 aliphatic carbocycles. The summed E-state index contributed by atoms with van der Waals surface area (Å²) in [7, 11) is -1.05. The normalized spacial score (nSPS) is 11.5. The van der Waals surface area contributed by atoms with Gasteiger partial charge in [-0.1, -0.05) is 31.8 Å². The first kappa shape index (κ1) is 12.0. The van der Waals surface area contributed by atoms with Crippen LogP contribution in [0, 0.1) is 0 Å². The van der Waals surface area contributed by atoms with Crippen LogP contribution in [0.15, 0.2) is 42.7 Å². The summed E-state index contributed by atoms with van der Waals surface area (Å²) in [5.74, 6) is 0. The zero-order chi connectivity index (χ0) is 12.3. The third-order valence-electron chi connectivity index (χ3n) is 2.49. The Morgan fingerprint density at radius 2 is 1.71 bits per heavy atom. The molecule has 88 valence electrons. The second-order valence-corrected chi connectivity index (χ2v) is 11.0. The van der Waals surface area contributed by atoms with Crippen molar-refractivity contribution in [3.8, 4) is 11.4 Å². The van der Waals surface area contributed by atoms with Crippen molar-refractivity contribution in [1.29, 1.82) is 0 Å². The predicted molar refractivity (Wildman–Crippen MR) is 74.5 cm³/mol. The SMILES string of the molecule is C[Si](C)(C)Cc1ccc(-c2ccccn2)nc1. The zero-order valence-electron chi connectivity index (χ0n) is 10.6. The summed E-state index contributed by atoms with van der Waals surface area (Å²) in [6.07, 6.45) is 3.79. The summed E-state index contributed by atoms with van der Waals surface area (Å²) in [4.78, 5) is 8.79. The molecule has 2 nitrogen and oxygen atoms in total. The van der Waals surface area contributed by atoms with Crippen LogP contribution >= 0.6 is 0 Å². The number of pyridine rings is 2. The van der Waals surface area contributed by atoms with Crippen molar-refractivity contribution in [2.24, 2.45) is 0 Å². The smallest absolute Gasteiger partial charge is 0.0886 e. The minimum Gasteiger partial charge on any atom is -0.255 e. The molecule has 0 bridgehead atoms. The highest BCUT2D eigenvalue weighted by atomic mass is 28.3. The van der Waals surface area contributed by atoms with Crippen LogP contribution in [0.5, 0.6) is 0 Å². The van der Waals surface area contributed by atoms with Crippen molar-refractivity contribution in [2.75, 3.05) is 0 Å². The Labute approximate surface area is 104 Å². The van der Waals surface area contributed by atoms with Gasteiger partial charge in [0.2, 0.25) is 0 Å². The van der Waals surface area contributed by atoms with Crippen LogP contribution in [0.4, 0.5) is 0 Å². The maximum absolute atomic E-state index is 4.49. The van der Waals surface area contributed by atoms with Crippen molar-refractivity contribution in [3.05, 3.63) is 48.3 Å². The predicted octanol–water partition coefficient (Wildman–Crippen LogP) is 3.56. The van der Waals surface area contributed by atoms with E-state index in [-0.39, 0.29) is 0 Å². The lowest BCUT2D eigenvalue weighted by Gasteiger charge is -2.15. The van der Waals surface area contributed by atoms with Crippen LogP contribution in [0.2, 0.25) is 19.6 Å². The molecule has 2 aromatic heterocycles. The van der Waals surface area contributed by atoms with E-state index in [4.69, 9.17) is 0 Å². The van der Waals surface area contributed by atoms with E-state index in [1.54, 1.807) is 6.20 Å². The maximum Gasteiger partial charge on any atom is 0.0886 e. The minimum absolute atomic E-state index is 0.937. The highest BCUT2D eigenvalue weighted by Gasteiger charge is 2.13. The molecule has 2 heterocycles. The van der Waals surface area contributed by atoms with E-state index in [1.165, 1.54) is 11.6 Å². The lowest BCUT2D eigenvalue weighted by molar-refractivity contribution is 1.19. The fourth-order valence-corrected chi connectivity index (χ4v) is 3.24. The molecule has 2 rings (SSSR count). The fourth-order valence-electron chi connectivity index (χ4n) is 1.81. The molecule has 0 saturated heterocycles. The van der Waals surface area contributed by atoms with Crippen LogP contribution in [0.3, 0.4) is 0 Å². The average molecular weight is 242 g/mol. The molecule has 0 amide bonds. The molecule has 0 unspecified atom stereocenters. The van der Waals surface area contributed by atoms with Gasteiger partial charge in [-0.05, 0) is 29.8 Å². The molecule has 0 aliphatic heterocycles. The molecule has 0 aromatic carbocycles. The van der Waals surface area contributed by atoms with E-state index in [0.29, 0.717) is 0 Å². The number of rotatable bonds is 3. The van der Waals surface area contributed by atoms with Gasteiger partial charge in [-0.3, -0.25) is 9.97 Å². The summed E-state index contributed by atoms with van der Waals surface area (Å²) < 4.78 is 0. The summed E-state index contributed by atoms with van der Waals surface area (Å²) in [6.45, 7) is 7.12. The first-order valence-electron chi connectivity index (χ1n) is 5.91. The Morgan fingerprint density at radius 3 is 2.24 bits per heavy atom. The largest absolute Gasteiger partial charge is 0.255 e. The molecule has 0 atom stereocenters. The summed E-state index contributed by atoms with van der Waals surface area (Å²) >= 11 is 0. The highest BCUT2D eigenvalue weighted by molar-refractivity contribution is 6.75. The molecule has 0 spiro atoms. The number of aromatic nitrogens is 2. The zero-order valence-corrected chi connectivity index (χ0v) is 11.6. The Kier molecular flexibility index (Phi) is 3.38. The first-order chi connectivity index (χ1) is 8.04. The van der Waals surface area contributed by atoms with Crippen LogP contribution < -0.4 is 0 Å². The molecule has 0 radical (unpaired) electrons. The lowest BCUT2D eigenvalue weighted by Crippen LogP contribution is -2.23. The molecule has 0 saturated carbocycles. The third-order valence-corrected chi connectivity index (χ3v) is 3.96. The highest BCUT2D eigenvalue weighted by Crippen LogP contribution is 2.16. The Balaban J connectivity index is 2.19. The van der Waals surface area contributed by atoms with Crippen molar-refractivity contribution in [2.45, 2.75) is 25.7 Å². The van der Waals surface area contributed by atoms with Gasteiger partial charge in [0.1, 0.15) is 0 Å². The molecule has 3 heteroatoms. The monoisotopic (exact) mass is 242 g/mol. The topological polar surface area (TPSA) is 25.8 Å². The summed E-state index contributed by atoms with van der Waals surface area (Å²) in [6, 6.07) is 11.3. The summed E-state index contributed by atoms with van der Waals surface area (Å²) in [5, 5.41) is 0. The Morgan fingerprint density at radius 1 is 0.941 bits per heavy atom. The van der Waals surface area contributed by atoms with Gasteiger partial charge < -0.3 is 0 Å². The summed E-state index contributed by atoms with van der Waals surface area (Å²) in [5.41, 5.74) is 3.22. The number of hydrogen-bond acceptors (Lipinski definition) is 2. The van der Waals surface area contributed by atoms with Crippen molar-refractivity contribution in [3.63, 3.8) is 0 Å². The van der Waals surface area contributed by atoms with E-state index in [9.17, 15) is 0 Å². The second kappa shape index (κ2) is 4.80. The third kappa shape index (κ3) is 3.49. The molecular weight excluding hydrogens is 224 g/mol. The fraction of sp³-hybridized carbons (Fsp3) is 0.286. The standard InChI is InChI=1S/C14H18N2Si/c1-17(2,3)11-12-7-8-14(16-10-12)13-6-4-5-9-15-13/h4-10H,11H2,1-3H3. The lowest BCUT2D eigenvalue weighted by atomic mass is 10.2. The Hall–Kier alpha value is -1.48. The molecular formula is C14H18N2Si. The van der Waals surface area contributed by atoms with Crippen LogP contribution in [-0.2, 0) is 6.04 Å². The maximum atomic E-state index is 4.49. The van der Waals surface area contributed by atoms with Gasteiger partial charge in [0.25, 0.3) is 0 Å². The van der Waals surface area contributed by atoms with Crippen molar-refractivity contribution >= 4 is 8.07 Å². The van der Waals surface area contributed by atoms with E-state index in [0.717, 1.165) is 11.4 Å². The molecule has 0 fully saturated rings. The van der Waals surface area contributed by atoms with Gasteiger partial charge in [-0.25, -0.2) is 0 Å². The number of nitrogens with zero attached hydrogens (tertiary/aromatic N) is 2. The quantitative estimate of drug-likeness (QED) is 0.769. The molecule has 0 aliphatic rings. The van der Waals surface area contributed by atoms with Crippen molar-refractivity contribution < 1.29 is 0 Å². The van der Waals surface area contributed by atoms with E-state index in [2.05, 4.69) is 41.7 Å². The van der Waals surface area contributed by atoms with Gasteiger partial charge in [0, 0.05) is 20.5 Å². The van der Waals surface area contributed by atoms with Gasteiger partial charge in [0.15, 0.2) is 0 Å². The van der Waals surface area contributed by atoms with Gasteiger partial charge in [0.05, 0.1) is 11.4 Å². The molecule has 0 N–H and O–H groups in total. The van der Waals surface area contributed by atoms with E-state index in [1.807, 2.05) is 24.4 Å². The number of hydrogen-bond donors (Lipinski definition) is 0. The first-order valence-corrected chi connectivity index (χ1v) is 9.62. The van der Waals surface area contributed by atoms with Gasteiger partial charge in [-0.15, -0.1) is 0 Å². The van der Waals surface area contributed by atoms with Gasteiger partial charge in [-0.2, -0.15) is 0 Å². The minimum atomic E-state index is -1.05. The molecule has 2 aromatic rings. The Bertz CT molecular complexity index is 472. The van der Waals surface area contributed by atoms with Crippen LogP contribution in [-0.4, -0.2) is 18.0 Å². The van der Waals surface area contributed by atoms with Crippen LogP contribution in [0.25, 0.3) is 11.4 Å². The van der Waals surface area contributed by atoms with Crippen molar-refractivity contribution in [1.82, 2.24) is 9.97 Å². The molecule has 17 heavy (non-hydrogen) atoms. The van der Waals surface area contributed by atoms with Gasteiger partial charge >= 0.3 is 0 Å². The van der Waals surface area contributed by atoms with Crippen LogP contribution in [0.1, 0.15) is 5.56 Å². The average Bonchev–Trinajstić information content (AvgIpc) is 2.29. The van der Waals surface area contributed by atoms with E-state index >= 15 is 0 Å².